The van der Waals surface area contributed by atoms with E-state index in [2.05, 4.69) is 10.4 Å². The molecule has 1 aromatic rings. The monoisotopic (exact) mass is 238 g/mol. The molecule has 2 heterocycles. The second-order valence-electron chi connectivity index (χ2n) is 4.42. The predicted octanol–water partition coefficient (Wildman–Crippen LogP) is 0.0615. The first kappa shape index (κ1) is 11.9. The van der Waals surface area contributed by atoms with Crippen LogP contribution in [0.4, 0.5) is 5.69 Å². The summed E-state index contributed by atoms with van der Waals surface area (Å²) in [4.78, 5) is 13.2. The Hall–Kier alpha value is -1.56. The van der Waals surface area contributed by atoms with Crippen molar-refractivity contribution in [2.24, 2.45) is 7.05 Å². The van der Waals surface area contributed by atoms with Crippen molar-refractivity contribution in [1.82, 2.24) is 15.1 Å². The molecule has 1 fully saturated rings. The van der Waals surface area contributed by atoms with E-state index in [1.807, 2.05) is 25.2 Å². The number of carboxylic acid groups (broad SMARTS) is 1. The number of aryl methyl sites for hydroxylation is 1. The van der Waals surface area contributed by atoms with Crippen LogP contribution in [-0.2, 0) is 11.8 Å². The van der Waals surface area contributed by atoms with Crippen LogP contribution >= 0.6 is 0 Å². The molecule has 0 bridgehead atoms. The van der Waals surface area contributed by atoms with E-state index >= 15 is 0 Å². The fraction of sp³-hybridized carbons (Fsp3) is 0.636. The fourth-order valence-electron chi connectivity index (χ4n) is 2.49. The quantitative estimate of drug-likeness (QED) is 0.776. The van der Waals surface area contributed by atoms with Crippen LogP contribution in [0, 0.1) is 0 Å². The predicted molar refractivity (Wildman–Crippen MR) is 64.1 cm³/mol. The first-order valence-corrected chi connectivity index (χ1v) is 5.78. The molecule has 0 amide bonds. The Balaban J connectivity index is 2.25. The van der Waals surface area contributed by atoms with E-state index < -0.39 is 12.0 Å². The van der Waals surface area contributed by atoms with Crippen molar-refractivity contribution in [3.8, 4) is 0 Å². The molecule has 1 aliphatic rings. The molecule has 17 heavy (non-hydrogen) atoms. The molecule has 2 atom stereocenters. The third-order valence-electron chi connectivity index (χ3n) is 3.22. The van der Waals surface area contributed by atoms with Crippen LogP contribution < -0.4 is 10.2 Å². The lowest BCUT2D eigenvalue weighted by Crippen LogP contribution is -2.44. The van der Waals surface area contributed by atoms with E-state index in [0.717, 1.165) is 18.7 Å². The van der Waals surface area contributed by atoms with Gasteiger partial charge in [0.05, 0.1) is 11.9 Å². The molecule has 0 unspecified atom stereocenters. The highest BCUT2D eigenvalue weighted by Gasteiger charge is 2.38. The SMILES string of the molecule is CNC[C@H]1CC[C@H](C(=O)O)N1c1cnn(C)c1. The maximum Gasteiger partial charge on any atom is 0.326 e. The van der Waals surface area contributed by atoms with Crippen LogP contribution in [-0.4, -0.2) is 46.5 Å². The van der Waals surface area contributed by atoms with Crippen LogP contribution in [0.5, 0.6) is 0 Å². The minimum absolute atomic E-state index is 0.227. The van der Waals surface area contributed by atoms with Gasteiger partial charge in [0, 0.05) is 25.8 Å². The Morgan fingerprint density at radius 2 is 2.41 bits per heavy atom. The van der Waals surface area contributed by atoms with Gasteiger partial charge in [-0.25, -0.2) is 4.79 Å². The summed E-state index contributed by atoms with van der Waals surface area (Å²) in [6.45, 7) is 0.790. The number of nitrogens with one attached hydrogen (secondary N) is 1. The van der Waals surface area contributed by atoms with Gasteiger partial charge >= 0.3 is 5.97 Å². The lowest BCUT2D eigenvalue weighted by atomic mass is 10.2. The lowest BCUT2D eigenvalue weighted by molar-refractivity contribution is -0.138. The first-order valence-electron chi connectivity index (χ1n) is 5.78. The summed E-state index contributed by atoms with van der Waals surface area (Å²) < 4.78 is 1.70. The van der Waals surface area contributed by atoms with Gasteiger partial charge in [-0.3, -0.25) is 4.68 Å². The van der Waals surface area contributed by atoms with E-state index in [1.54, 1.807) is 10.9 Å². The van der Waals surface area contributed by atoms with E-state index in [0.29, 0.717) is 6.42 Å². The fourth-order valence-corrected chi connectivity index (χ4v) is 2.49. The Bertz CT molecular complexity index is 404. The molecular formula is C11H18N4O2. The molecule has 0 aromatic carbocycles. The zero-order chi connectivity index (χ0) is 12.4. The van der Waals surface area contributed by atoms with Gasteiger partial charge in [-0.05, 0) is 19.9 Å². The van der Waals surface area contributed by atoms with Gasteiger partial charge in [0.2, 0.25) is 0 Å². The molecule has 1 aliphatic heterocycles. The third-order valence-corrected chi connectivity index (χ3v) is 3.22. The standard InChI is InChI=1S/C11H18N4O2/c1-12-5-8-3-4-10(11(16)17)15(8)9-6-13-14(2)7-9/h6-8,10,12H,3-5H2,1-2H3,(H,16,17)/t8-,10-/m1/s1. The maximum absolute atomic E-state index is 11.3. The van der Waals surface area contributed by atoms with Crippen LogP contribution in [0.15, 0.2) is 12.4 Å². The minimum Gasteiger partial charge on any atom is -0.480 e. The number of aliphatic carboxylic acids is 1. The summed E-state index contributed by atoms with van der Waals surface area (Å²) in [5.74, 6) is -0.757. The van der Waals surface area contributed by atoms with E-state index in [1.165, 1.54) is 0 Å². The number of hydrogen-bond donors (Lipinski definition) is 2. The second-order valence-corrected chi connectivity index (χ2v) is 4.42. The van der Waals surface area contributed by atoms with Crippen molar-refractivity contribution in [2.75, 3.05) is 18.5 Å². The zero-order valence-electron chi connectivity index (χ0n) is 10.1. The zero-order valence-corrected chi connectivity index (χ0v) is 10.1. The molecule has 0 spiro atoms. The Morgan fingerprint density at radius 3 is 2.94 bits per heavy atom. The lowest BCUT2D eigenvalue weighted by Gasteiger charge is -2.28. The molecule has 2 rings (SSSR count). The van der Waals surface area contributed by atoms with Gasteiger partial charge in [0.1, 0.15) is 6.04 Å². The summed E-state index contributed by atoms with van der Waals surface area (Å²) in [5, 5.41) is 16.5. The summed E-state index contributed by atoms with van der Waals surface area (Å²) in [5.41, 5.74) is 0.887. The number of carbonyl (C=O) groups is 1. The van der Waals surface area contributed by atoms with E-state index in [-0.39, 0.29) is 6.04 Å². The van der Waals surface area contributed by atoms with Crippen LogP contribution in [0.2, 0.25) is 0 Å². The summed E-state index contributed by atoms with van der Waals surface area (Å²) in [6, 6.07) is -0.206. The van der Waals surface area contributed by atoms with E-state index in [4.69, 9.17) is 0 Å². The highest BCUT2D eigenvalue weighted by molar-refractivity contribution is 5.79. The highest BCUT2D eigenvalue weighted by Crippen LogP contribution is 2.30. The largest absolute Gasteiger partial charge is 0.480 e. The van der Waals surface area contributed by atoms with Crippen molar-refractivity contribution in [1.29, 1.82) is 0 Å². The van der Waals surface area contributed by atoms with Gasteiger partial charge in [-0.2, -0.15) is 5.10 Å². The molecule has 6 heteroatoms. The van der Waals surface area contributed by atoms with Crippen molar-refractivity contribution in [3.63, 3.8) is 0 Å². The summed E-state index contributed by atoms with van der Waals surface area (Å²) in [6.07, 6.45) is 5.18. The number of carboxylic acids is 1. The molecule has 1 aromatic heterocycles. The molecule has 94 valence electrons. The van der Waals surface area contributed by atoms with Crippen LogP contribution in [0.1, 0.15) is 12.8 Å². The number of anilines is 1. The van der Waals surface area contributed by atoms with Gasteiger partial charge in [0.25, 0.3) is 0 Å². The Labute approximate surface area is 100 Å². The molecular weight excluding hydrogens is 220 g/mol. The summed E-state index contributed by atoms with van der Waals surface area (Å²) >= 11 is 0. The molecule has 0 aliphatic carbocycles. The average Bonchev–Trinajstić information content (AvgIpc) is 2.84. The number of nitrogens with zero attached hydrogens (tertiary/aromatic N) is 3. The topological polar surface area (TPSA) is 70.4 Å². The molecule has 2 N–H and O–H groups in total. The van der Waals surface area contributed by atoms with Crippen molar-refractivity contribution >= 4 is 11.7 Å². The molecule has 1 saturated heterocycles. The van der Waals surface area contributed by atoms with Gasteiger partial charge < -0.3 is 15.3 Å². The smallest absolute Gasteiger partial charge is 0.326 e. The van der Waals surface area contributed by atoms with Gasteiger partial charge in [-0.1, -0.05) is 0 Å². The number of hydrogen-bond acceptors (Lipinski definition) is 4. The Kier molecular flexibility index (Phi) is 3.33. The number of likely N-dealkylation sites (N-methyl/N-ethyl adjacent to an activating group) is 1. The molecule has 6 nitrogen and oxygen atoms in total. The molecule has 0 saturated carbocycles. The van der Waals surface area contributed by atoms with Gasteiger partial charge in [0.15, 0.2) is 0 Å². The van der Waals surface area contributed by atoms with Crippen molar-refractivity contribution in [3.05, 3.63) is 12.4 Å². The normalized spacial score (nSPS) is 24.2. The number of aromatic nitrogens is 2. The highest BCUT2D eigenvalue weighted by atomic mass is 16.4. The minimum atomic E-state index is -0.757. The first-order chi connectivity index (χ1) is 8.13. The van der Waals surface area contributed by atoms with Crippen molar-refractivity contribution in [2.45, 2.75) is 24.9 Å². The second kappa shape index (κ2) is 4.75. The summed E-state index contributed by atoms with van der Waals surface area (Å²) in [7, 11) is 3.72. The third kappa shape index (κ3) is 2.26. The van der Waals surface area contributed by atoms with E-state index in [9.17, 15) is 9.90 Å². The average molecular weight is 238 g/mol. The van der Waals surface area contributed by atoms with Crippen LogP contribution in [0.3, 0.4) is 0 Å². The van der Waals surface area contributed by atoms with Crippen LogP contribution in [0.25, 0.3) is 0 Å². The molecule has 0 radical (unpaired) electrons. The van der Waals surface area contributed by atoms with Gasteiger partial charge in [-0.15, -0.1) is 0 Å². The number of rotatable bonds is 4. The Morgan fingerprint density at radius 1 is 1.65 bits per heavy atom. The maximum atomic E-state index is 11.3. The van der Waals surface area contributed by atoms with Crippen molar-refractivity contribution < 1.29 is 9.90 Å².